The summed E-state index contributed by atoms with van der Waals surface area (Å²) in [6, 6.07) is 63.6. The second-order valence-electron chi connectivity index (χ2n) is 13.3. The zero-order valence-electron chi connectivity index (χ0n) is 27.9. The largest absolute Gasteiger partial charge is 0.455 e. The number of para-hydroxylation sites is 1. The predicted molar refractivity (Wildman–Crippen MR) is 225 cm³/mol. The first-order valence-corrected chi connectivity index (χ1v) is 19.1. The second-order valence-corrected chi connectivity index (χ2v) is 15.4. The van der Waals surface area contributed by atoms with E-state index in [1.54, 1.807) is 0 Å². The van der Waals surface area contributed by atoms with Crippen molar-refractivity contribution in [1.29, 1.82) is 0 Å². The van der Waals surface area contributed by atoms with Crippen LogP contribution in [-0.4, -0.2) is 0 Å². The Morgan fingerprint density at radius 2 is 1.00 bits per heavy atom. The normalized spacial score (nSPS) is 11.8. The van der Waals surface area contributed by atoms with Gasteiger partial charge in [0.1, 0.15) is 11.2 Å². The van der Waals surface area contributed by atoms with Gasteiger partial charge >= 0.3 is 0 Å². The maximum atomic E-state index is 6.75. The van der Waals surface area contributed by atoms with Gasteiger partial charge in [-0.15, -0.1) is 22.7 Å². The van der Waals surface area contributed by atoms with E-state index >= 15 is 0 Å². The van der Waals surface area contributed by atoms with Gasteiger partial charge in [0, 0.05) is 62.7 Å². The molecule has 0 radical (unpaired) electrons. The molecule has 0 atom stereocenters. The quantitative estimate of drug-likeness (QED) is 0.178. The molecule has 52 heavy (non-hydrogen) atoms. The van der Waals surface area contributed by atoms with Crippen LogP contribution in [0.25, 0.3) is 84.5 Å². The summed E-state index contributed by atoms with van der Waals surface area (Å²) in [5.41, 5.74) is 9.80. The van der Waals surface area contributed by atoms with Crippen molar-refractivity contribution in [2.75, 3.05) is 4.90 Å². The van der Waals surface area contributed by atoms with Crippen molar-refractivity contribution in [3.05, 3.63) is 176 Å². The van der Waals surface area contributed by atoms with Crippen molar-refractivity contribution in [3.8, 4) is 22.3 Å². The zero-order chi connectivity index (χ0) is 34.2. The van der Waals surface area contributed by atoms with Crippen molar-refractivity contribution in [1.82, 2.24) is 0 Å². The minimum Gasteiger partial charge on any atom is -0.455 e. The third kappa shape index (κ3) is 4.62. The van der Waals surface area contributed by atoms with Crippen LogP contribution >= 0.6 is 22.7 Å². The average Bonchev–Trinajstić information content (AvgIpc) is 3.89. The lowest BCUT2D eigenvalue weighted by Crippen LogP contribution is -2.10. The summed E-state index contributed by atoms with van der Waals surface area (Å²) in [6.45, 7) is 0. The number of anilines is 3. The zero-order valence-corrected chi connectivity index (χ0v) is 29.5. The molecule has 0 saturated carbocycles. The molecule has 8 aromatic carbocycles. The molecule has 244 valence electrons. The highest BCUT2D eigenvalue weighted by molar-refractivity contribution is 7.26. The molecular formula is C48H29NOS2. The van der Waals surface area contributed by atoms with Gasteiger partial charge < -0.3 is 9.32 Å². The molecule has 0 N–H and O–H groups in total. The van der Waals surface area contributed by atoms with Gasteiger partial charge in [-0.3, -0.25) is 0 Å². The highest BCUT2D eigenvalue weighted by Crippen LogP contribution is 2.48. The lowest BCUT2D eigenvalue weighted by Gasteiger charge is -2.27. The summed E-state index contributed by atoms with van der Waals surface area (Å²) in [5.74, 6) is 0. The first-order chi connectivity index (χ1) is 25.8. The van der Waals surface area contributed by atoms with Gasteiger partial charge in [0.25, 0.3) is 0 Å². The van der Waals surface area contributed by atoms with Gasteiger partial charge in [0.05, 0.1) is 11.1 Å². The fourth-order valence-electron chi connectivity index (χ4n) is 7.84. The van der Waals surface area contributed by atoms with Crippen molar-refractivity contribution in [3.63, 3.8) is 0 Å². The van der Waals surface area contributed by atoms with E-state index in [4.69, 9.17) is 4.42 Å². The SMILES string of the molecule is c1ccc(-c2ccc3c(c2)sc2ccc(N(c4ccc5c(c4)sc4ccccc45)c4ccc(-c5ccccc5)c5oc6ccccc6c45)cc23)cc1. The van der Waals surface area contributed by atoms with Crippen LogP contribution < -0.4 is 4.90 Å². The molecular weight excluding hydrogens is 671 g/mol. The Balaban J connectivity index is 1.17. The van der Waals surface area contributed by atoms with Crippen LogP contribution in [0.4, 0.5) is 17.1 Å². The summed E-state index contributed by atoms with van der Waals surface area (Å²) in [4.78, 5) is 2.43. The molecule has 4 heteroatoms. The van der Waals surface area contributed by atoms with Crippen molar-refractivity contribution in [2.45, 2.75) is 0 Å². The molecule has 0 unspecified atom stereocenters. The van der Waals surface area contributed by atoms with E-state index in [1.165, 1.54) is 51.5 Å². The van der Waals surface area contributed by atoms with Gasteiger partial charge in [-0.2, -0.15) is 0 Å². The second kappa shape index (κ2) is 11.7. The highest BCUT2D eigenvalue weighted by Gasteiger charge is 2.23. The Hall–Kier alpha value is -6.20. The molecule has 2 nitrogen and oxygen atoms in total. The molecule has 0 fully saturated rings. The minimum absolute atomic E-state index is 0.885. The Morgan fingerprint density at radius 1 is 0.385 bits per heavy atom. The Bertz CT molecular complexity index is 3130. The van der Waals surface area contributed by atoms with Gasteiger partial charge in [-0.05, 0) is 77.4 Å². The summed E-state index contributed by atoms with van der Waals surface area (Å²) in [7, 11) is 0. The number of nitrogens with zero attached hydrogens (tertiary/aromatic N) is 1. The first-order valence-electron chi connectivity index (χ1n) is 17.5. The third-order valence-corrected chi connectivity index (χ3v) is 12.5. The van der Waals surface area contributed by atoms with Crippen LogP contribution in [0.3, 0.4) is 0 Å². The van der Waals surface area contributed by atoms with E-state index in [0.29, 0.717) is 0 Å². The van der Waals surface area contributed by atoms with E-state index in [0.717, 1.165) is 50.1 Å². The van der Waals surface area contributed by atoms with Crippen molar-refractivity contribution in [2.24, 2.45) is 0 Å². The van der Waals surface area contributed by atoms with E-state index in [2.05, 4.69) is 181 Å². The summed E-state index contributed by atoms with van der Waals surface area (Å²) < 4.78 is 11.9. The molecule has 3 aromatic heterocycles. The number of rotatable bonds is 5. The maximum Gasteiger partial charge on any atom is 0.145 e. The van der Waals surface area contributed by atoms with Crippen molar-refractivity contribution < 1.29 is 4.42 Å². The predicted octanol–water partition coefficient (Wildman–Crippen LogP) is 15.1. The van der Waals surface area contributed by atoms with Gasteiger partial charge in [-0.1, -0.05) is 115 Å². The molecule has 3 heterocycles. The monoisotopic (exact) mass is 699 g/mol. The molecule has 0 aliphatic carbocycles. The van der Waals surface area contributed by atoms with Crippen LogP contribution in [0.5, 0.6) is 0 Å². The average molecular weight is 700 g/mol. The fraction of sp³-hybridized carbons (Fsp3) is 0. The van der Waals surface area contributed by atoms with Crippen LogP contribution in [0.1, 0.15) is 0 Å². The number of furan rings is 1. The number of fused-ring (bicyclic) bond motifs is 9. The Kier molecular flexibility index (Phi) is 6.63. The number of benzene rings is 8. The first kappa shape index (κ1) is 29.5. The molecule has 0 amide bonds. The minimum atomic E-state index is 0.885. The molecule has 0 bridgehead atoms. The molecule has 0 aliphatic rings. The summed E-state index contributed by atoms with van der Waals surface area (Å²) >= 11 is 3.71. The van der Waals surface area contributed by atoms with E-state index < -0.39 is 0 Å². The topological polar surface area (TPSA) is 16.4 Å². The van der Waals surface area contributed by atoms with Crippen LogP contribution in [0, 0.1) is 0 Å². The molecule has 11 rings (SSSR count). The molecule has 0 aliphatic heterocycles. The Morgan fingerprint density at radius 3 is 1.85 bits per heavy atom. The fourth-order valence-corrected chi connectivity index (χ4v) is 10.1. The lowest BCUT2D eigenvalue weighted by atomic mass is 9.99. The van der Waals surface area contributed by atoms with E-state index in [1.807, 2.05) is 22.7 Å². The number of hydrogen-bond acceptors (Lipinski definition) is 4. The van der Waals surface area contributed by atoms with Gasteiger partial charge in [-0.25, -0.2) is 0 Å². The van der Waals surface area contributed by atoms with Crippen molar-refractivity contribution >= 4 is 102 Å². The van der Waals surface area contributed by atoms with E-state index in [9.17, 15) is 0 Å². The van der Waals surface area contributed by atoms with E-state index in [-0.39, 0.29) is 0 Å². The van der Waals surface area contributed by atoms with Gasteiger partial charge in [0.15, 0.2) is 0 Å². The number of hydrogen-bond donors (Lipinski definition) is 0. The highest BCUT2D eigenvalue weighted by atomic mass is 32.1. The molecule has 0 spiro atoms. The van der Waals surface area contributed by atoms with Crippen LogP contribution in [0.15, 0.2) is 180 Å². The smallest absolute Gasteiger partial charge is 0.145 e. The van der Waals surface area contributed by atoms with Gasteiger partial charge in [0.2, 0.25) is 0 Å². The maximum absolute atomic E-state index is 6.75. The molecule has 0 saturated heterocycles. The number of thiophene rings is 2. The van der Waals surface area contributed by atoms with Crippen LogP contribution in [0.2, 0.25) is 0 Å². The lowest BCUT2D eigenvalue weighted by molar-refractivity contribution is 0.670. The standard InChI is InChI=1S/C48H29NOS2/c1-3-11-30(12-4-1)32-19-22-38-40-28-33(21-26-44(40)52-45(38)27-32)49(34-20-23-37-36-15-8-10-18-43(36)51-46(37)29-34)41-25-24-35(31-13-5-2-6-14-31)48-47(41)39-16-7-9-17-42(39)50-48/h1-29H. The third-order valence-electron chi connectivity index (χ3n) is 10.3. The Labute approximate surface area is 308 Å². The molecule has 11 aromatic rings. The van der Waals surface area contributed by atoms with Crippen LogP contribution in [-0.2, 0) is 0 Å². The summed E-state index contributed by atoms with van der Waals surface area (Å²) in [6.07, 6.45) is 0. The summed E-state index contributed by atoms with van der Waals surface area (Å²) in [5, 5.41) is 7.34.